The minimum atomic E-state index is -0.468. The number of nitrogens with two attached hydrogens (primary N) is 1. The number of benzene rings is 1. The number of ether oxygens (including phenoxy) is 1. The van der Waals surface area contributed by atoms with Crippen molar-refractivity contribution in [1.29, 1.82) is 0 Å². The molecule has 19 heavy (non-hydrogen) atoms. The highest BCUT2D eigenvalue weighted by Crippen LogP contribution is 2.16. The van der Waals surface area contributed by atoms with Crippen LogP contribution in [-0.2, 0) is 11.3 Å². The Hall–Kier alpha value is -1.26. The molecule has 0 saturated carbocycles. The van der Waals surface area contributed by atoms with Crippen molar-refractivity contribution in [3.8, 4) is 5.75 Å². The molecule has 1 amide bonds. The molecule has 0 aromatic heterocycles. The van der Waals surface area contributed by atoms with E-state index < -0.39 is 6.04 Å². The van der Waals surface area contributed by atoms with Crippen LogP contribution in [0.1, 0.15) is 26.3 Å². The van der Waals surface area contributed by atoms with Crippen molar-refractivity contribution < 1.29 is 9.53 Å². The van der Waals surface area contributed by atoms with Crippen molar-refractivity contribution >= 4 is 18.3 Å². The maximum Gasteiger partial charge on any atom is 0.239 e. The number of carbonyl (C=O) groups is 1. The fourth-order valence-corrected chi connectivity index (χ4v) is 1.69. The molecule has 4 nitrogen and oxygen atoms in total. The van der Waals surface area contributed by atoms with Crippen LogP contribution in [-0.4, -0.2) is 30.0 Å². The molecule has 0 radical (unpaired) electrons. The van der Waals surface area contributed by atoms with Crippen molar-refractivity contribution in [1.82, 2.24) is 4.90 Å². The monoisotopic (exact) mass is 286 g/mol. The molecule has 1 aromatic carbocycles. The lowest BCUT2D eigenvalue weighted by atomic mass is 10.2. The number of amides is 1. The topological polar surface area (TPSA) is 55.6 Å². The Morgan fingerprint density at radius 2 is 2.00 bits per heavy atom. The molecule has 1 rings (SSSR count). The summed E-state index contributed by atoms with van der Waals surface area (Å²) in [6.45, 7) is 6.20. The van der Waals surface area contributed by atoms with Gasteiger partial charge in [-0.05, 0) is 38.5 Å². The van der Waals surface area contributed by atoms with E-state index in [0.29, 0.717) is 6.54 Å². The van der Waals surface area contributed by atoms with Gasteiger partial charge in [-0.25, -0.2) is 0 Å². The van der Waals surface area contributed by atoms with E-state index in [4.69, 9.17) is 10.5 Å². The summed E-state index contributed by atoms with van der Waals surface area (Å²) in [7, 11) is 1.75. The van der Waals surface area contributed by atoms with Gasteiger partial charge in [-0.15, -0.1) is 12.4 Å². The fraction of sp³-hybridized carbons (Fsp3) is 0.500. The first kappa shape index (κ1) is 17.7. The van der Waals surface area contributed by atoms with Crippen LogP contribution in [0.3, 0.4) is 0 Å². The lowest BCUT2D eigenvalue weighted by Crippen LogP contribution is -2.39. The van der Waals surface area contributed by atoms with Gasteiger partial charge >= 0.3 is 0 Å². The highest BCUT2D eigenvalue weighted by atomic mass is 35.5. The molecule has 0 aliphatic heterocycles. The van der Waals surface area contributed by atoms with Gasteiger partial charge in [0.1, 0.15) is 5.75 Å². The third-order valence-corrected chi connectivity index (χ3v) is 2.46. The molecule has 5 heteroatoms. The molecular formula is C14H23ClN2O2. The molecule has 1 unspecified atom stereocenters. The van der Waals surface area contributed by atoms with E-state index in [0.717, 1.165) is 11.3 Å². The summed E-state index contributed by atoms with van der Waals surface area (Å²) in [4.78, 5) is 13.3. The van der Waals surface area contributed by atoms with Gasteiger partial charge in [0.2, 0.25) is 5.91 Å². The zero-order valence-electron chi connectivity index (χ0n) is 11.9. The van der Waals surface area contributed by atoms with E-state index in [-0.39, 0.29) is 24.4 Å². The van der Waals surface area contributed by atoms with Crippen LogP contribution in [0.15, 0.2) is 24.3 Å². The van der Waals surface area contributed by atoms with Crippen LogP contribution in [0.4, 0.5) is 0 Å². The summed E-state index contributed by atoms with van der Waals surface area (Å²) in [5, 5.41) is 0. The number of likely N-dealkylation sites (N-methyl/N-ethyl adjacent to an activating group) is 1. The van der Waals surface area contributed by atoms with E-state index in [9.17, 15) is 4.79 Å². The van der Waals surface area contributed by atoms with Crippen LogP contribution in [0.25, 0.3) is 0 Å². The summed E-state index contributed by atoms with van der Waals surface area (Å²) in [5.41, 5.74) is 6.60. The van der Waals surface area contributed by atoms with E-state index in [1.165, 1.54) is 0 Å². The largest absolute Gasteiger partial charge is 0.491 e. The molecule has 0 saturated heterocycles. The SMILES string of the molecule is CC(C)Oc1cccc(CN(C)C(=O)C(C)N)c1.Cl. The second kappa shape index (κ2) is 8.02. The van der Waals surface area contributed by atoms with Gasteiger partial charge < -0.3 is 15.4 Å². The van der Waals surface area contributed by atoms with Gasteiger partial charge in [0, 0.05) is 13.6 Å². The predicted octanol–water partition coefficient (Wildman–Crippen LogP) is 2.20. The summed E-state index contributed by atoms with van der Waals surface area (Å²) in [6, 6.07) is 7.29. The van der Waals surface area contributed by atoms with Crippen LogP contribution in [0.5, 0.6) is 5.75 Å². The normalized spacial score (nSPS) is 11.7. The van der Waals surface area contributed by atoms with Crippen molar-refractivity contribution in [3.05, 3.63) is 29.8 Å². The van der Waals surface area contributed by atoms with E-state index in [2.05, 4.69) is 0 Å². The van der Waals surface area contributed by atoms with Crippen molar-refractivity contribution in [2.24, 2.45) is 5.73 Å². The van der Waals surface area contributed by atoms with Crippen molar-refractivity contribution in [2.75, 3.05) is 7.05 Å². The molecule has 0 aliphatic rings. The second-order valence-electron chi connectivity index (χ2n) is 4.80. The van der Waals surface area contributed by atoms with Crippen molar-refractivity contribution in [3.63, 3.8) is 0 Å². The molecular weight excluding hydrogens is 264 g/mol. The zero-order chi connectivity index (χ0) is 13.7. The molecule has 1 aromatic rings. The Morgan fingerprint density at radius 3 is 2.53 bits per heavy atom. The molecule has 1 atom stereocenters. The highest BCUT2D eigenvalue weighted by Gasteiger charge is 2.13. The summed E-state index contributed by atoms with van der Waals surface area (Å²) in [5.74, 6) is 0.759. The second-order valence-corrected chi connectivity index (χ2v) is 4.80. The Balaban J connectivity index is 0.00000324. The minimum Gasteiger partial charge on any atom is -0.491 e. The Bertz CT molecular complexity index is 408. The van der Waals surface area contributed by atoms with Crippen LogP contribution in [0, 0.1) is 0 Å². The standard InChI is InChI=1S/C14H22N2O2.ClH/c1-10(2)18-13-7-5-6-12(8-13)9-16(4)14(17)11(3)15;/h5-8,10-11H,9,15H2,1-4H3;1H. The first-order chi connectivity index (χ1) is 8.40. The molecule has 0 heterocycles. The lowest BCUT2D eigenvalue weighted by Gasteiger charge is -2.20. The summed E-state index contributed by atoms with van der Waals surface area (Å²) in [6.07, 6.45) is 0.142. The van der Waals surface area contributed by atoms with Crippen LogP contribution >= 0.6 is 12.4 Å². The first-order valence-corrected chi connectivity index (χ1v) is 6.16. The maximum atomic E-state index is 11.7. The van der Waals surface area contributed by atoms with Gasteiger partial charge in [-0.3, -0.25) is 4.79 Å². The molecule has 2 N–H and O–H groups in total. The molecule has 0 spiro atoms. The van der Waals surface area contributed by atoms with Gasteiger partial charge in [-0.1, -0.05) is 12.1 Å². The van der Waals surface area contributed by atoms with Gasteiger partial charge in [-0.2, -0.15) is 0 Å². The third-order valence-electron chi connectivity index (χ3n) is 2.46. The van der Waals surface area contributed by atoms with Gasteiger partial charge in [0.25, 0.3) is 0 Å². The van der Waals surface area contributed by atoms with E-state index in [1.807, 2.05) is 38.1 Å². The van der Waals surface area contributed by atoms with E-state index >= 15 is 0 Å². The molecule has 0 bridgehead atoms. The Labute approximate surface area is 121 Å². The van der Waals surface area contributed by atoms with Crippen molar-refractivity contribution in [2.45, 2.75) is 39.5 Å². The van der Waals surface area contributed by atoms with Crippen LogP contribution in [0.2, 0.25) is 0 Å². The van der Waals surface area contributed by atoms with Crippen LogP contribution < -0.4 is 10.5 Å². The maximum absolute atomic E-state index is 11.7. The fourth-order valence-electron chi connectivity index (χ4n) is 1.69. The van der Waals surface area contributed by atoms with Gasteiger partial charge in [0.05, 0.1) is 12.1 Å². The Kier molecular flexibility index (Phi) is 7.49. The number of hydrogen-bond acceptors (Lipinski definition) is 3. The van der Waals surface area contributed by atoms with E-state index in [1.54, 1.807) is 18.9 Å². The number of halogens is 1. The molecule has 0 aliphatic carbocycles. The summed E-state index contributed by atoms with van der Waals surface area (Å²) >= 11 is 0. The minimum absolute atomic E-state index is 0. The van der Waals surface area contributed by atoms with Gasteiger partial charge in [0.15, 0.2) is 0 Å². The highest BCUT2D eigenvalue weighted by molar-refractivity contribution is 5.85. The number of hydrogen-bond donors (Lipinski definition) is 1. The average Bonchev–Trinajstić information content (AvgIpc) is 2.27. The molecule has 108 valence electrons. The Morgan fingerprint density at radius 1 is 1.37 bits per heavy atom. The quantitative estimate of drug-likeness (QED) is 0.903. The number of nitrogens with zero attached hydrogens (tertiary/aromatic N) is 1. The number of carbonyl (C=O) groups excluding carboxylic acids is 1. The smallest absolute Gasteiger partial charge is 0.239 e. The summed E-state index contributed by atoms with van der Waals surface area (Å²) < 4.78 is 5.62. The first-order valence-electron chi connectivity index (χ1n) is 6.16. The molecule has 0 fully saturated rings. The average molecular weight is 287 g/mol. The number of rotatable bonds is 5. The lowest BCUT2D eigenvalue weighted by molar-refractivity contribution is -0.131. The third kappa shape index (κ3) is 5.94. The predicted molar refractivity (Wildman–Crippen MR) is 79.6 cm³/mol. The zero-order valence-corrected chi connectivity index (χ0v) is 12.7.